The number of carbonyl (C=O) groups excluding carboxylic acids is 1. The molecule has 3 N–H and O–H groups in total. The van der Waals surface area contributed by atoms with Crippen LogP contribution in [-0.2, 0) is 0 Å². The van der Waals surface area contributed by atoms with E-state index in [1.807, 2.05) is 32.9 Å². The molecule has 1 rings (SSSR count). The van der Waals surface area contributed by atoms with Crippen molar-refractivity contribution in [3.05, 3.63) is 33.8 Å². The van der Waals surface area contributed by atoms with Crippen molar-refractivity contribution >= 4 is 21.8 Å². The molecule has 0 radical (unpaired) electrons. The number of aryl methyl sites for hydroxylation is 1. The summed E-state index contributed by atoms with van der Waals surface area (Å²) in [6.45, 7) is 6.16. The van der Waals surface area contributed by atoms with Gasteiger partial charge >= 0.3 is 0 Å². The summed E-state index contributed by atoms with van der Waals surface area (Å²) in [5.74, 6) is -0.0974. The van der Waals surface area contributed by atoms with Crippen molar-refractivity contribution in [3.63, 3.8) is 0 Å². The zero-order valence-electron chi connectivity index (χ0n) is 9.80. The largest absolute Gasteiger partial charge is 0.346 e. The van der Waals surface area contributed by atoms with Crippen LogP contribution in [0.2, 0.25) is 0 Å². The van der Waals surface area contributed by atoms with Gasteiger partial charge < -0.3 is 11.1 Å². The molecule has 16 heavy (non-hydrogen) atoms. The molecule has 1 amide bonds. The number of hydrogen-bond donors (Lipinski definition) is 2. The number of hydrogen-bond acceptors (Lipinski definition) is 2. The van der Waals surface area contributed by atoms with E-state index in [0.717, 1.165) is 10.0 Å². The maximum atomic E-state index is 11.9. The molecule has 0 saturated carbocycles. The van der Waals surface area contributed by atoms with Crippen LogP contribution in [-0.4, -0.2) is 18.0 Å². The highest BCUT2D eigenvalue weighted by atomic mass is 79.9. The summed E-state index contributed by atoms with van der Waals surface area (Å²) in [4.78, 5) is 11.9. The van der Waals surface area contributed by atoms with Gasteiger partial charge in [-0.1, -0.05) is 15.9 Å². The quantitative estimate of drug-likeness (QED) is 0.894. The van der Waals surface area contributed by atoms with Gasteiger partial charge in [-0.05, 0) is 44.5 Å². The number of nitrogens with two attached hydrogens (primary N) is 1. The Labute approximate surface area is 105 Å². The third kappa shape index (κ3) is 3.61. The Morgan fingerprint density at radius 3 is 2.56 bits per heavy atom. The Bertz CT molecular complexity index is 382. The van der Waals surface area contributed by atoms with E-state index in [0.29, 0.717) is 12.1 Å². The summed E-state index contributed by atoms with van der Waals surface area (Å²) < 4.78 is 0.906. The number of carbonyl (C=O) groups is 1. The van der Waals surface area contributed by atoms with Gasteiger partial charge in [0, 0.05) is 22.1 Å². The van der Waals surface area contributed by atoms with Crippen LogP contribution in [0.25, 0.3) is 0 Å². The van der Waals surface area contributed by atoms with Crippen molar-refractivity contribution in [2.24, 2.45) is 5.73 Å². The van der Waals surface area contributed by atoms with Crippen molar-refractivity contribution in [1.29, 1.82) is 0 Å². The molecule has 0 aliphatic carbocycles. The van der Waals surface area contributed by atoms with E-state index in [1.54, 1.807) is 6.07 Å². The Balaban J connectivity index is 2.89. The van der Waals surface area contributed by atoms with Gasteiger partial charge in [0.1, 0.15) is 0 Å². The lowest BCUT2D eigenvalue weighted by atomic mass is 10.0. The van der Waals surface area contributed by atoms with E-state index in [4.69, 9.17) is 5.73 Å². The zero-order valence-corrected chi connectivity index (χ0v) is 11.4. The first kappa shape index (κ1) is 13.2. The first-order chi connectivity index (χ1) is 7.34. The van der Waals surface area contributed by atoms with Crippen LogP contribution >= 0.6 is 15.9 Å². The monoisotopic (exact) mass is 284 g/mol. The van der Waals surface area contributed by atoms with E-state index in [9.17, 15) is 4.79 Å². The molecule has 0 aliphatic rings. The van der Waals surface area contributed by atoms with Gasteiger partial charge in [0.25, 0.3) is 5.91 Å². The fraction of sp³-hybridized carbons (Fsp3) is 0.417. The molecule has 4 heteroatoms. The van der Waals surface area contributed by atoms with Crippen LogP contribution in [0.5, 0.6) is 0 Å². The van der Waals surface area contributed by atoms with Gasteiger partial charge in [-0.15, -0.1) is 0 Å². The van der Waals surface area contributed by atoms with E-state index < -0.39 is 0 Å². The number of halogens is 1. The van der Waals surface area contributed by atoms with E-state index in [1.165, 1.54) is 0 Å². The second-order valence-electron chi connectivity index (χ2n) is 4.56. The smallest absolute Gasteiger partial charge is 0.251 e. The lowest BCUT2D eigenvalue weighted by molar-refractivity contribution is 0.0915. The molecule has 1 aromatic rings. The van der Waals surface area contributed by atoms with Crippen LogP contribution in [0.15, 0.2) is 22.7 Å². The molecule has 3 nitrogen and oxygen atoms in total. The third-order valence-electron chi connectivity index (χ3n) is 2.27. The number of rotatable bonds is 3. The molecule has 0 aromatic heterocycles. The molecule has 0 bridgehead atoms. The maximum Gasteiger partial charge on any atom is 0.251 e. The van der Waals surface area contributed by atoms with Crippen molar-refractivity contribution in [2.75, 3.05) is 6.54 Å². The Kier molecular flexibility index (Phi) is 4.10. The standard InChI is InChI=1S/C12H17BrN2O/c1-8-4-9(6-10(13)5-8)11(16)15-12(2,3)7-14/h4-6H,7,14H2,1-3H3,(H,15,16). The SMILES string of the molecule is Cc1cc(Br)cc(C(=O)NC(C)(C)CN)c1. The minimum absolute atomic E-state index is 0.0974. The molecule has 0 fully saturated rings. The average Bonchev–Trinajstić information content (AvgIpc) is 2.15. The highest BCUT2D eigenvalue weighted by Crippen LogP contribution is 2.15. The normalized spacial score (nSPS) is 11.3. The van der Waals surface area contributed by atoms with Gasteiger partial charge in [-0.2, -0.15) is 0 Å². The molecule has 0 aliphatic heterocycles. The molecule has 88 valence electrons. The second-order valence-corrected chi connectivity index (χ2v) is 5.48. The highest BCUT2D eigenvalue weighted by molar-refractivity contribution is 9.10. The van der Waals surface area contributed by atoms with Gasteiger partial charge in [-0.25, -0.2) is 0 Å². The molecular weight excluding hydrogens is 268 g/mol. The van der Waals surface area contributed by atoms with Gasteiger partial charge in [0.05, 0.1) is 0 Å². The predicted octanol–water partition coefficient (Wildman–Crippen LogP) is 2.22. The second kappa shape index (κ2) is 4.97. The lowest BCUT2D eigenvalue weighted by Crippen LogP contribution is -2.48. The van der Waals surface area contributed by atoms with Crippen molar-refractivity contribution in [2.45, 2.75) is 26.3 Å². The van der Waals surface area contributed by atoms with Crippen molar-refractivity contribution in [3.8, 4) is 0 Å². The highest BCUT2D eigenvalue weighted by Gasteiger charge is 2.19. The maximum absolute atomic E-state index is 11.9. The molecule has 0 spiro atoms. The predicted molar refractivity (Wildman–Crippen MR) is 69.5 cm³/mol. The number of benzene rings is 1. The molecule has 0 heterocycles. The minimum atomic E-state index is -0.382. The zero-order chi connectivity index (χ0) is 12.3. The molecule has 0 unspecified atom stereocenters. The first-order valence-electron chi connectivity index (χ1n) is 5.14. The molecular formula is C12H17BrN2O. The Morgan fingerprint density at radius 2 is 2.06 bits per heavy atom. The summed E-state index contributed by atoms with van der Waals surface area (Å²) in [7, 11) is 0. The molecule has 0 atom stereocenters. The van der Waals surface area contributed by atoms with E-state index in [2.05, 4.69) is 21.2 Å². The first-order valence-corrected chi connectivity index (χ1v) is 5.93. The lowest BCUT2D eigenvalue weighted by Gasteiger charge is -2.24. The van der Waals surface area contributed by atoms with Crippen LogP contribution in [0, 0.1) is 6.92 Å². The summed E-state index contributed by atoms with van der Waals surface area (Å²) in [5.41, 5.74) is 6.88. The van der Waals surface area contributed by atoms with Gasteiger partial charge in [0.15, 0.2) is 0 Å². The van der Waals surface area contributed by atoms with Crippen LogP contribution in [0.3, 0.4) is 0 Å². The summed E-state index contributed by atoms with van der Waals surface area (Å²) in [6.07, 6.45) is 0. The Morgan fingerprint density at radius 1 is 1.44 bits per heavy atom. The summed E-state index contributed by atoms with van der Waals surface area (Å²) in [6, 6.07) is 5.62. The molecule has 0 saturated heterocycles. The fourth-order valence-corrected chi connectivity index (χ4v) is 1.91. The minimum Gasteiger partial charge on any atom is -0.346 e. The third-order valence-corrected chi connectivity index (χ3v) is 2.72. The van der Waals surface area contributed by atoms with Crippen LogP contribution < -0.4 is 11.1 Å². The number of nitrogens with one attached hydrogen (secondary N) is 1. The molecule has 1 aromatic carbocycles. The van der Waals surface area contributed by atoms with Crippen LogP contribution in [0.4, 0.5) is 0 Å². The average molecular weight is 285 g/mol. The fourth-order valence-electron chi connectivity index (χ4n) is 1.30. The van der Waals surface area contributed by atoms with Crippen molar-refractivity contribution < 1.29 is 4.79 Å². The summed E-state index contributed by atoms with van der Waals surface area (Å²) >= 11 is 3.37. The topological polar surface area (TPSA) is 55.1 Å². The van der Waals surface area contributed by atoms with Gasteiger partial charge in [-0.3, -0.25) is 4.79 Å². The Hall–Kier alpha value is -0.870. The van der Waals surface area contributed by atoms with Crippen molar-refractivity contribution in [1.82, 2.24) is 5.32 Å². The van der Waals surface area contributed by atoms with E-state index >= 15 is 0 Å². The number of amides is 1. The van der Waals surface area contributed by atoms with Gasteiger partial charge in [0.2, 0.25) is 0 Å². The summed E-state index contributed by atoms with van der Waals surface area (Å²) in [5, 5.41) is 2.89. The van der Waals surface area contributed by atoms with Crippen LogP contribution in [0.1, 0.15) is 29.8 Å². The van der Waals surface area contributed by atoms with E-state index in [-0.39, 0.29) is 11.4 Å².